The van der Waals surface area contributed by atoms with E-state index in [-0.39, 0.29) is 29.8 Å². The molecule has 4 rings (SSSR count). The molecule has 0 radical (unpaired) electrons. The number of rotatable bonds is 6. The van der Waals surface area contributed by atoms with Crippen LogP contribution in [-0.2, 0) is 0 Å². The number of halogens is 1. The maximum atomic E-state index is 12.6. The Morgan fingerprint density at radius 2 is 1.73 bits per heavy atom. The molecule has 0 saturated carbocycles. The molecule has 2 aliphatic heterocycles. The second kappa shape index (κ2) is 10.8. The molecule has 1 fully saturated rings. The fraction of sp³-hybridized carbons (Fsp3) is 0.391. The molecule has 0 bridgehead atoms. The van der Waals surface area contributed by atoms with Crippen molar-refractivity contribution >= 4 is 47.1 Å². The highest BCUT2D eigenvalue weighted by Gasteiger charge is 2.18. The minimum atomic E-state index is 0. The summed E-state index contributed by atoms with van der Waals surface area (Å²) < 4.78 is 0. The number of guanidine groups is 1. The van der Waals surface area contributed by atoms with E-state index in [2.05, 4.69) is 56.6 Å². The third kappa shape index (κ3) is 5.95. The first kappa shape index (κ1) is 22.6. The SMILES string of the molecule is Cc1ccc(N2CCN(CCC(=O)c3ccc(NC4=NCCN4)cc3)CC2)cc1.I. The lowest BCUT2D eigenvalue weighted by Gasteiger charge is -2.36. The third-order valence-corrected chi connectivity index (χ3v) is 5.57. The average Bonchev–Trinajstić information content (AvgIpc) is 3.27. The topological polar surface area (TPSA) is 60.0 Å². The smallest absolute Gasteiger partial charge is 0.195 e. The molecule has 1 saturated heterocycles. The van der Waals surface area contributed by atoms with Gasteiger partial charge < -0.3 is 15.5 Å². The summed E-state index contributed by atoms with van der Waals surface area (Å²) in [6, 6.07) is 16.4. The molecular formula is C23H30IN5O. The molecule has 2 aliphatic rings. The third-order valence-electron chi connectivity index (χ3n) is 5.57. The van der Waals surface area contributed by atoms with Crippen LogP contribution in [0.3, 0.4) is 0 Å². The van der Waals surface area contributed by atoms with Crippen LogP contribution in [0.4, 0.5) is 11.4 Å². The number of nitrogens with zero attached hydrogens (tertiary/aromatic N) is 3. The van der Waals surface area contributed by atoms with E-state index in [0.717, 1.165) is 63.0 Å². The van der Waals surface area contributed by atoms with Gasteiger partial charge in [-0.15, -0.1) is 24.0 Å². The minimum absolute atomic E-state index is 0. The zero-order valence-corrected chi connectivity index (χ0v) is 19.8. The van der Waals surface area contributed by atoms with E-state index < -0.39 is 0 Å². The van der Waals surface area contributed by atoms with E-state index in [0.29, 0.717) is 6.42 Å². The lowest BCUT2D eigenvalue weighted by Crippen LogP contribution is -2.46. The van der Waals surface area contributed by atoms with Crippen molar-refractivity contribution in [3.05, 3.63) is 59.7 Å². The van der Waals surface area contributed by atoms with E-state index in [9.17, 15) is 4.79 Å². The van der Waals surface area contributed by atoms with E-state index in [1.807, 2.05) is 24.3 Å². The van der Waals surface area contributed by atoms with Crippen LogP contribution in [0.25, 0.3) is 0 Å². The Labute approximate surface area is 195 Å². The van der Waals surface area contributed by atoms with Crippen molar-refractivity contribution in [3.63, 3.8) is 0 Å². The predicted molar refractivity (Wildman–Crippen MR) is 135 cm³/mol. The second-order valence-corrected chi connectivity index (χ2v) is 7.70. The van der Waals surface area contributed by atoms with Gasteiger partial charge in [0.1, 0.15) is 0 Å². The first-order valence-electron chi connectivity index (χ1n) is 10.4. The van der Waals surface area contributed by atoms with Crippen LogP contribution in [0.15, 0.2) is 53.5 Å². The lowest BCUT2D eigenvalue weighted by atomic mass is 10.1. The number of hydrogen-bond donors (Lipinski definition) is 2. The maximum absolute atomic E-state index is 12.6. The van der Waals surface area contributed by atoms with Gasteiger partial charge in [-0.1, -0.05) is 17.7 Å². The highest BCUT2D eigenvalue weighted by atomic mass is 127. The molecule has 0 aliphatic carbocycles. The summed E-state index contributed by atoms with van der Waals surface area (Å²) >= 11 is 0. The number of hydrogen-bond acceptors (Lipinski definition) is 6. The van der Waals surface area contributed by atoms with Gasteiger partial charge in [0, 0.05) is 62.6 Å². The number of Topliss-reactive ketones (excluding diaryl/α,β-unsaturated/α-hetero) is 1. The van der Waals surface area contributed by atoms with Gasteiger partial charge in [-0.05, 0) is 43.3 Å². The molecule has 2 N–H and O–H groups in total. The Kier molecular flexibility index (Phi) is 8.09. The average molecular weight is 519 g/mol. The van der Waals surface area contributed by atoms with Crippen LogP contribution in [0.2, 0.25) is 0 Å². The Morgan fingerprint density at radius 1 is 1.03 bits per heavy atom. The molecule has 0 aromatic heterocycles. The standard InChI is InChI=1S/C23H29N5O.HI/c1-18-2-8-21(9-3-18)28-16-14-27(15-17-28)13-10-22(29)19-4-6-20(7-5-19)26-23-24-11-12-25-23;/h2-9H,10-17H2,1H3,(H2,24,25,26);1H. The molecule has 2 heterocycles. The summed E-state index contributed by atoms with van der Waals surface area (Å²) in [5.74, 6) is 1.00. The Balaban J connectivity index is 0.00000256. The van der Waals surface area contributed by atoms with Gasteiger partial charge in [-0.2, -0.15) is 0 Å². The lowest BCUT2D eigenvalue weighted by molar-refractivity contribution is 0.0962. The molecule has 160 valence electrons. The molecule has 30 heavy (non-hydrogen) atoms. The van der Waals surface area contributed by atoms with Crippen LogP contribution < -0.4 is 15.5 Å². The van der Waals surface area contributed by atoms with Crippen LogP contribution in [0.1, 0.15) is 22.3 Å². The number of carbonyl (C=O) groups excluding carboxylic acids is 1. The second-order valence-electron chi connectivity index (χ2n) is 7.70. The first-order valence-corrected chi connectivity index (χ1v) is 10.4. The van der Waals surface area contributed by atoms with E-state index in [1.165, 1.54) is 11.3 Å². The van der Waals surface area contributed by atoms with Crippen molar-refractivity contribution < 1.29 is 4.79 Å². The number of aliphatic imine (C=N–C) groups is 1. The fourth-order valence-corrected chi connectivity index (χ4v) is 3.75. The van der Waals surface area contributed by atoms with Crippen molar-refractivity contribution in [2.75, 3.05) is 56.0 Å². The number of nitrogens with one attached hydrogen (secondary N) is 2. The number of piperazine rings is 1. The molecule has 2 aromatic rings. The fourth-order valence-electron chi connectivity index (χ4n) is 3.75. The van der Waals surface area contributed by atoms with Crippen molar-refractivity contribution in [2.24, 2.45) is 4.99 Å². The normalized spacial score (nSPS) is 16.4. The van der Waals surface area contributed by atoms with E-state index in [1.54, 1.807) is 0 Å². The van der Waals surface area contributed by atoms with Gasteiger partial charge in [0.15, 0.2) is 11.7 Å². The van der Waals surface area contributed by atoms with Gasteiger partial charge in [-0.3, -0.25) is 14.7 Å². The summed E-state index contributed by atoms with van der Waals surface area (Å²) in [7, 11) is 0. The first-order chi connectivity index (χ1) is 14.2. The largest absolute Gasteiger partial charge is 0.369 e. The molecule has 0 atom stereocenters. The summed E-state index contributed by atoms with van der Waals surface area (Å²) in [4.78, 5) is 21.7. The van der Waals surface area contributed by atoms with Crippen LogP contribution in [0, 0.1) is 6.92 Å². The zero-order chi connectivity index (χ0) is 20.1. The molecule has 6 nitrogen and oxygen atoms in total. The Morgan fingerprint density at radius 3 is 2.37 bits per heavy atom. The minimum Gasteiger partial charge on any atom is -0.369 e. The quantitative estimate of drug-likeness (QED) is 0.453. The highest BCUT2D eigenvalue weighted by Crippen LogP contribution is 2.18. The molecule has 0 unspecified atom stereocenters. The van der Waals surface area contributed by atoms with Gasteiger partial charge in [-0.25, -0.2) is 0 Å². The van der Waals surface area contributed by atoms with Crippen molar-refractivity contribution in [1.82, 2.24) is 10.2 Å². The molecule has 2 aromatic carbocycles. The number of anilines is 2. The van der Waals surface area contributed by atoms with E-state index >= 15 is 0 Å². The van der Waals surface area contributed by atoms with Gasteiger partial charge in [0.25, 0.3) is 0 Å². The number of ketones is 1. The number of benzene rings is 2. The number of aryl methyl sites for hydroxylation is 1. The van der Waals surface area contributed by atoms with Crippen molar-refractivity contribution in [1.29, 1.82) is 0 Å². The zero-order valence-electron chi connectivity index (χ0n) is 17.4. The maximum Gasteiger partial charge on any atom is 0.195 e. The highest BCUT2D eigenvalue weighted by molar-refractivity contribution is 14.0. The predicted octanol–water partition coefficient (Wildman–Crippen LogP) is 3.38. The van der Waals surface area contributed by atoms with Crippen molar-refractivity contribution in [3.8, 4) is 0 Å². The number of carbonyl (C=O) groups is 1. The van der Waals surface area contributed by atoms with Crippen LogP contribution >= 0.6 is 24.0 Å². The van der Waals surface area contributed by atoms with Crippen LogP contribution in [0.5, 0.6) is 0 Å². The van der Waals surface area contributed by atoms with Gasteiger partial charge in [0.05, 0.1) is 6.54 Å². The molecule has 7 heteroatoms. The monoisotopic (exact) mass is 519 g/mol. The summed E-state index contributed by atoms with van der Waals surface area (Å²) in [5, 5.41) is 6.40. The van der Waals surface area contributed by atoms with Gasteiger partial charge in [0.2, 0.25) is 0 Å². The summed E-state index contributed by atoms with van der Waals surface area (Å²) in [5.41, 5.74) is 4.30. The Bertz CT molecular complexity index is 858. The van der Waals surface area contributed by atoms with Gasteiger partial charge >= 0.3 is 0 Å². The van der Waals surface area contributed by atoms with Crippen LogP contribution in [-0.4, -0.2) is 62.5 Å². The summed E-state index contributed by atoms with van der Waals surface area (Å²) in [6.45, 7) is 8.63. The molecular weight excluding hydrogens is 489 g/mol. The summed E-state index contributed by atoms with van der Waals surface area (Å²) in [6.07, 6.45) is 0.561. The molecule has 0 spiro atoms. The van der Waals surface area contributed by atoms with E-state index in [4.69, 9.17) is 0 Å². The Hall–Kier alpha value is -2.13. The van der Waals surface area contributed by atoms with Crippen molar-refractivity contribution in [2.45, 2.75) is 13.3 Å². The molecule has 0 amide bonds.